The molecule has 0 heterocycles. The average Bonchev–Trinajstić information content (AvgIpc) is 2.27. The Morgan fingerprint density at radius 3 is 2.38 bits per heavy atom. The Morgan fingerprint density at radius 1 is 1.06 bits per heavy atom. The van der Waals surface area contributed by atoms with Gasteiger partial charge in [0.05, 0.1) is 13.2 Å². The van der Waals surface area contributed by atoms with Crippen molar-refractivity contribution in [3.05, 3.63) is 0 Å². The second-order valence-electron chi connectivity index (χ2n) is 4.32. The molecule has 0 aliphatic rings. The lowest BCUT2D eigenvalue weighted by Crippen LogP contribution is -2.36. The van der Waals surface area contributed by atoms with Crippen LogP contribution in [0.3, 0.4) is 0 Å². The summed E-state index contributed by atoms with van der Waals surface area (Å²) >= 11 is 0. The molecular weight excluding hydrogens is 202 g/mol. The Balaban J connectivity index is 3.66. The minimum atomic E-state index is 0.590. The van der Waals surface area contributed by atoms with Crippen LogP contribution in [0.1, 0.15) is 40.0 Å². The van der Waals surface area contributed by atoms with E-state index in [9.17, 15) is 0 Å². The average molecular weight is 231 g/mol. The first-order chi connectivity index (χ1) is 7.76. The van der Waals surface area contributed by atoms with Crippen LogP contribution in [0.5, 0.6) is 0 Å². The number of nitrogens with one attached hydrogen (secondary N) is 1. The van der Waals surface area contributed by atoms with Crippen molar-refractivity contribution in [3.63, 3.8) is 0 Å². The fourth-order valence-electron chi connectivity index (χ4n) is 1.96. The molecular formula is C13H29NO2. The first-order valence-corrected chi connectivity index (χ1v) is 6.56. The number of hydrogen-bond acceptors (Lipinski definition) is 3. The third-order valence-electron chi connectivity index (χ3n) is 2.90. The van der Waals surface area contributed by atoms with Crippen molar-refractivity contribution in [3.8, 4) is 0 Å². The smallest absolute Gasteiger partial charge is 0.0700 e. The van der Waals surface area contributed by atoms with Gasteiger partial charge in [-0.25, -0.2) is 0 Å². The molecule has 98 valence electrons. The van der Waals surface area contributed by atoms with Crippen LogP contribution in [-0.2, 0) is 9.47 Å². The summed E-state index contributed by atoms with van der Waals surface area (Å²) < 4.78 is 10.5. The van der Waals surface area contributed by atoms with Crippen molar-refractivity contribution in [1.29, 1.82) is 0 Å². The molecule has 16 heavy (non-hydrogen) atoms. The molecule has 0 rings (SSSR count). The van der Waals surface area contributed by atoms with E-state index in [4.69, 9.17) is 9.47 Å². The normalized spacial score (nSPS) is 15.0. The zero-order valence-electron chi connectivity index (χ0n) is 11.4. The van der Waals surface area contributed by atoms with Gasteiger partial charge in [-0.1, -0.05) is 27.2 Å². The molecule has 0 saturated carbocycles. The fourth-order valence-corrected chi connectivity index (χ4v) is 1.96. The number of hydrogen-bond donors (Lipinski definition) is 1. The van der Waals surface area contributed by atoms with Crippen LogP contribution in [0.15, 0.2) is 0 Å². The van der Waals surface area contributed by atoms with Gasteiger partial charge in [0, 0.05) is 19.8 Å². The summed E-state index contributed by atoms with van der Waals surface area (Å²) in [4.78, 5) is 0. The standard InChI is InChI=1S/C13H29NO2/c1-5-7-12(3)13(14-6-2)8-9-16-11-10-15-4/h12-14H,5-11H2,1-4H3. The molecule has 0 saturated heterocycles. The van der Waals surface area contributed by atoms with Crippen LogP contribution in [0.25, 0.3) is 0 Å². The van der Waals surface area contributed by atoms with Crippen LogP contribution >= 0.6 is 0 Å². The zero-order chi connectivity index (χ0) is 12.2. The predicted molar refractivity (Wildman–Crippen MR) is 68.8 cm³/mol. The van der Waals surface area contributed by atoms with Gasteiger partial charge in [0.25, 0.3) is 0 Å². The van der Waals surface area contributed by atoms with Crippen molar-refractivity contribution in [1.82, 2.24) is 5.32 Å². The highest BCUT2D eigenvalue weighted by atomic mass is 16.5. The Bertz CT molecular complexity index is 142. The Morgan fingerprint density at radius 2 is 1.81 bits per heavy atom. The fraction of sp³-hybridized carbons (Fsp3) is 1.00. The SMILES string of the molecule is CCCC(C)C(CCOCCOC)NCC. The highest BCUT2D eigenvalue weighted by Gasteiger charge is 2.14. The van der Waals surface area contributed by atoms with Crippen LogP contribution in [-0.4, -0.2) is 39.5 Å². The van der Waals surface area contributed by atoms with Gasteiger partial charge in [-0.3, -0.25) is 0 Å². The van der Waals surface area contributed by atoms with Gasteiger partial charge < -0.3 is 14.8 Å². The molecule has 0 amide bonds. The molecule has 0 fully saturated rings. The van der Waals surface area contributed by atoms with Crippen LogP contribution in [0.4, 0.5) is 0 Å². The second-order valence-corrected chi connectivity index (χ2v) is 4.32. The van der Waals surface area contributed by atoms with Crippen molar-refractivity contribution < 1.29 is 9.47 Å². The summed E-state index contributed by atoms with van der Waals surface area (Å²) in [5.41, 5.74) is 0. The Hall–Kier alpha value is -0.120. The number of methoxy groups -OCH3 is 1. The van der Waals surface area contributed by atoms with Crippen molar-refractivity contribution in [2.75, 3.05) is 33.5 Å². The minimum absolute atomic E-state index is 0.590. The van der Waals surface area contributed by atoms with E-state index in [2.05, 4.69) is 26.1 Å². The third-order valence-corrected chi connectivity index (χ3v) is 2.90. The van der Waals surface area contributed by atoms with Gasteiger partial charge in [0.2, 0.25) is 0 Å². The molecule has 1 N–H and O–H groups in total. The molecule has 2 atom stereocenters. The summed E-state index contributed by atoms with van der Waals surface area (Å²) in [6.45, 7) is 10.00. The van der Waals surface area contributed by atoms with E-state index in [-0.39, 0.29) is 0 Å². The summed E-state index contributed by atoms with van der Waals surface area (Å²) in [5, 5.41) is 3.55. The zero-order valence-corrected chi connectivity index (χ0v) is 11.4. The number of ether oxygens (including phenoxy) is 2. The van der Waals surface area contributed by atoms with Gasteiger partial charge >= 0.3 is 0 Å². The highest BCUT2D eigenvalue weighted by molar-refractivity contribution is 4.72. The van der Waals surface area contributed by atoms with Crippen molar-refractivity contribution >= 4 is 0 Å². The van der Waals surface area contributed by atoms with Gasteiger partial charge in [-0.05, 0) is 25.3 Å². The lowest BCUT2D eigenvalue weighted by atomic mass is 9.94. The van der Waals surface area contributed by atoms with Crippen molar-refractivity contribution in [2.24, 2.45) is 5.92 Å². The molecule has 0 aromatic heterocycles. The maximum Gasteiger partial charge on any atom is 0.0700 e. The topological polar surface area (TPSA) is 30.5 Å². The summed E-state index contributed by atoms with van der Waals surface area (Å²) in [6, 6.07) is 0.590. The van der Waals surface area contributed by atoms with E-state index in [0.29, 0.717) is 19.3 Å². The summed E-state index contributed by atoms with van der Waals surface area (Å²) in [6.07, 6.45) is 3.64. The van der Waals surface area contributed by atoms with Gasteiger partial charge in [-0.15, -0.1) is 0 Å². The lowest BCUT2D eigenvalue weighted by Gasteiger charge is -2.24. The maximum atomic E-state index is 5.51. The van der Waals surface area contributed by atoms with Gasteiger partial charge in [-0.2, -0.15) is 0 Å². The molecule has 0 aromatic rings. The van der Waals surface area contributed by atoms with E-state index in [1.165, 1.54) is 12.8 Å². The molecule has 3 heteroatoms. The molecule has 0 aliphatic heterocycles. The van der Waals surface area contributed by atoms with Gasteiger partial charge in [0.15, 0.2) is 0 Å². The quantitative estimate of drug-likeness (QED) is 0.554. The third kappa shape index (κ3) is 8.08. The molecule has 3 nitrogen and oxygen atoms in total. The van der Waals surface area contributed by atoms with E-state index in [0.717, 1.165) is 25.5 Å². The van der Waals surface area contributed by atoms with Crippen LogP contribution < -0.4 is 5.32 Å². The monoisotopic (exact) mass is 231 g/mol. The number of rotatable bonds is 11. The van der Waals surface area contributed by atoms with E-state index in [1.54, 1.807) is 7.11 Å². The van der Waals surface area contributed by atoms with Crippen LogP contribution in [0.2, 0.25) is 0 Å². The van der Waals surface area contributed by atoms with E-state index < -0.39 is 0 Å². The second kappa shape index (κ2) is 11.4. The Labute approximate surface area is 101 Å². The van der Waals surface area contributed by atoms with E-state index in [1.807, 2.05) is 0 Å². The molecule has 0 radical (unpaired) electrons. The molecule has 0 aliphatic carbocycles. The van der Waals surface area contributed by atoms with Gasteiger partial charge in [0.1, 0.15) is 0 Å². The lowest BCUT2D eigenvalue weighted by molar-refractivity contribution is 0.0631. The summed E-state index contributed by atoms with van der Waals surface area (Å²) in [5.74, 6) is 0.732. The highest BCUT2D eigenvalue weighted by Crippen LogP contribution is 2.13. The largest absolute Gasteiger partial charge is 0.382 e. The predicted octanol–water partition coefficient (Wildman–Crippen LogP) is 2.45. The van der Waals surface area contributed by atoms with Crippen molar-refractivity contribution in [2.45, 2.75) is 46.1 Å². The molecule has 0 spiro atoms. The molecule has 2 unspecified atom stereocenters. The summed E-state index contributed by atoms with van der Waals surface area (Å²) in [7, 11) is 1.70. The minimum Gasteiger partial charge on any atom is -0.382 e. The Kier molecular flexibility index (Phi) is 11.3. The molecule has 0 bridgehead atoms. The van der Waals surface area contributed by atoms with E-state index >= 15 is 0 Å². The first kappa shape index (κ1) is 15.9. The first-order valence-electron chi connectivity index (χ1n) is 6.56. The molecule has 0 aromatic carbocycles. The van der Waals surface area contributed by atoms with Crippen LogP contribution in [0, 0.1) is 5.92 Å². The maximum absolute atomic E-state index is 5.51.